The van der Waals surface area contributed by atoms with E-state index in [1.807, 2.05) is 30.0 Å². The molecule has 1 amide bonds. The van der Waals surface area contributed by atoms with Crippen molar-refractivity contribution in [2.45, 2.75) is 45.2 Å². The highest BCUT2D eigenvalue weighted by molar-refractivity contribution is 9.10. The van der Waals surface area contributed by atoms with E-state index in [4.69, 9.17) is 10.5 Å². The van der Waals surface area contributed by atoms with Crippen molar-refractivity contribution in [2.75, 3.05) is 13.2 Å². The number of nitrogens with zero attached hydrogens (tertiary/aromatic N) is 1. The van der Waals surface area contributed by atoms with Gasteiger partial charge in [0.15, 0.2) is 0 Å². The van der Waals surface area contributed by atoms with Gasteiger partial charge in [0, 0.05) is 18.6 Å². The van der Waals surface area contributed by atoms with E-state index in [0.29, 0.717) is 13.0 Å². The number of hydrogen-bond acceptors (Lipinski definition) is 3. The minimum atomic E-state index is 0.151. The van der Waals surface area contributed by atoms with Crippen LogP contribution >= 0.6 is 15.9 Å². The molecule has 1 aromatic rings. The molecule has 0 saturated carbocycles. The average Bonchev–Trinajstić information content (AvgIpc) is 2.41. The lowest BCUT2D eigenvalue weighted by Gasteiger charge is -2.36. The maximum absolute atomic E-state index is 12.2. The number of aryl methyl sites for hydroxylation is 1. The second kappa shape index (κ2) is 7.27. The van der Waals surface area contributed by atoms with Crippen molar-refractivity contribution in [2.24, 2.45) is 5.73 Å². The van der Waals surface area contributed by atoms with Gasteiger partial charge in [0.2, 0.25) is 5.91 Å². The fourth-order valence-electron chi connectivity index (χ4n) is 2.69. The van der Waals surface area contributed by atoms with Crippen LogP contribution in [0.2, 0.25) is 0 Å². The molecule has 2 atom stereocenters. The Balaban J connectivity index is 1.81. The Hall–Kier alpha value is -1.07. The number of halogens is 1. The van der Waals surface area contributed by atoms with Gasteiger partial charge in [0.1, 0.15) is 5.75 Å². The summed E-state index contributed by atoms with van der Waals surface area (Å²) >= 11 is 3.47. The Morgan fingerprint density at radius 3 is 2.95 bits per heavy atom. The van der Waals surface area contributed by atoms with Gasteiger partial charge in [0.05, 0.1) is 17.5 Å². The van der Waals surface area contributed by atoms with Crippen LogP contribution in [-0.4, -0.2) is 36.0 Å². The van der Waals surface area contributed by atoms with Gasteiger partial charge in [-0.2, -0.15) is 0 Å². The summed E-state index contributed by atoms with van der Waals surface area (Å²) in [5.41, 5.74) is 7.09. The fraction of sp³-hybridized carbons (Fsp3) is 0.562. The van der Waals surface area contributed by atoms with Crippen molar-refractivity contribution in [3.63, 3.8) is 0 Å². The molecule has 1 fully saturated rings. The molecule has 4 nitrogen and oxygen atoms in total. The third-order valence-corrected chi connectivity index (χ3v) is 4.52. The molecule has 0 spiro atoms. The van der Waals surface area contributed by atoms with Gasteiger partial charge in [-0.3, -0.25) is 4.79 Å². The number of likely N-dealkylation sites (tertiary alicyclic amines) is 1. The summed E-state index contributed by atoms with van der Waals surface area (Å²) in [6.07, 6.45) is 2.18. The Morgan fingerprint density at radius 2 is 2.29 bits per heavy atom. The minimum absolute atomic E-state index is 0.151. The van der Waals surface area contributed by atoms with E-state index in [1.165, 1.54) is 5.56 Å². The van der Waals surface area contributed by atoms with E-state index in [-0.39, 0.29) is 18.0 Å². The normalized spacial score (nSPS) is 22.2. The van der Waals surface area contributed by atoms with Gasteiger partial charge in [-0.05, 0) is 60.3 Å². The molecule has 2 N–H and O–H groups in total. The summed E-state index contributed by atoms with van der Waals surface area (Å²) in [5.74, 6) is 0.930. The minimum Gasteiger partial charge on any atom is -0.492 e. The van der Waals surface area contributed by atoms with E-state index in [2.05, 4.69) is 22.9 Å². The Kier molecular flexibility index (Phi) is 5.65. The molecule has 1 aliphatic heterocycles. The van der Waals surface area contributed by atoms with Crippen LogP contribution in [0.25, 0.3) is 0 Å². The number of amides is 1. The molecule has 2 unspecified atom stereocenters. The largest absolute Gasteiger partial charge is 0.492 e. The topological polar surface area (TPSA) is 55.6 Å². The number of ether oxygens (including phenoxy) is 1. The Morgan fingerprint density at radius 1 is 1.52 bits per heavy atom. The van der Waals surface area contributed by atoms with Crippen LogP contribution in [0.5, 0.6) is 5.75 Å². The smallest absolute Gasteiger partial charge is 0.226 e. The summed E-state index contributed by atoms with van der Waals surface area (Å²) in [7, 11) is 0. The molecule has 1 heterocycles. The molecular formula is C16H23BrN2O2. The van der Waals surface area contributed by atoms with E-state index >= 15 is 0 Å². The average molecular weight is 355 g/mol. The van der Waals surface area contributed by atoms with Crippen molar-refractivity contribution in [1.29, 1.82) is 0 Å². The first-order valence-electron chi connectivity index (χ1n) is 7.41. The first-order chi connectivity index (χ1) is 9.97. The zero-order valence-electron chi connectivity index (χ0n) is 12.6. The van der Waals surface area contributed by atoms with E-state index < -0.39 is 0 Å². The second-order valence-electron chi connectivity index (χ2n) is 5.75. The zero-order valence-corrected chi connectivity index (χ0v) is 14.2. The summed E-state index contributed by atoms with van der Waals surface area (Å²) in [4.78, 5) is 14.2. The Labute approximate surface area is 134 Å². The number of carbonyl (C=O) groups excluding carboxylic acids is 1. The van der Waals surface area contributed by atoms with Crippen molar-refractivity contribution in [3.05, 3.63) is 28.2 Å². The first-order valence-corrected chi connectivity index (χ1v) is 8.20. The number of hydrogen-bond donors (Lipinski definition) is 1. The van der Waals surface area contributed by atoms with Gasteiger partial charge >= 0.3 is 0 Å². The number of carbonyl (C=O) groups is 1. The van der Waals surface area contributed by atoms with Gasteiger partial charge in [-0.15, -0.1) is 0 Å². The standard InChI is InChI=1S/C16H23BrN2O2/c1-11-3-4-15(14(17)9-11)21-8-6-16(20)19-7-5-13(18)10-12(19)2/h3-4,9,12-13H,5-8,10,18H2,1-2H3. The summed E-state index contributed by atoms with van der Waals surface area (Å²) in [5, 5.41) is 0. The third-order valence-electron chi connectivity index (χ3n) is 3.90. The van der Waals surface area contributed by atoms with E-state index in [0.717, 1.165) is 29.6 Å². The van der Waals surface area contributed by atoms with Crippen LogP contribution in [-0.2, 0) is 4.79 Å². The highest BCUT2D eigenvalue weighted by Gasteiger charge is 2.26. The van der Waals surface area contributed by atoms with Gasteiger partial charge < -0.3 is 15.4 Å². The molecule has 1 aromatic carbocycles. The molecule has 2 rings (SSSR count). The molecule has 0 aliphatic carbocycles. The summed E-state index contributed by atoms with van der Waals surface area (Å²) in [6, 6.07) is 6.38. The quantitative estimate of drug-likeness (QED) is 0.904. The van der Waals surface area contributed by atoms with Crippen LogP contribution in [0.15, 0.2) is 22.7 Å². The van der Waals surface area contributed by atoms with E-state index in [1.54, 1.807) is 0 Å². The van der Waals surface area contributed by atoms with Crippen LogP contribution < -0.4 is 10.5 Å². The second-order valence-corrected chi connectivity index (χ2v) is 6.61. The molecule has 0 bridgehead atoms. The lowest BCUT2D eigenvalue weighted by Crippen LogP contribution is -2.48. The molecule has 0 radical (unpaired) electrons. The maximum atomic E-state index is 12.2. The van der Waals surface area contributed by atoms with Crippen molar-refractivity contribution < 1.29 is 9.53 Å². The molecule has 0 aromatic heterocycles. The lowest BCUT2D eigenvalue weighted by molar-refractivity contribution is -0.135. The highest BCUT2D eigenvalue weighted by Crippen LogP contribution is 2.26. The predicted molar refractivity (Wildman–Crippen MR) is 87.4 cm³/mol. The van der Waals surface area contributed by atoms with Crippen molar-refractivity contribution >= 4 is 21.8 Å². The summed E-state index contributed by atoms with van der Waals surface area (Å²) in [6.45, 7) is 5.25. The number of rotatable bonds is 4. The monoisotopic (exact) mass is 354 g/mol. The number of piperidine rings is 1. The van der Waals surface area contributed by atoms with Crippen LogP contribution in [0, 0.1) is 6.92 Å². The summed E-state index contributed by atoms with van der Waals surface area (Å²) < 4.78 is 6.61. The van der Waals surface area contributed by atoms with Crippen LogP contribution in [0.3, 0.4) is 0 Å². The fourth-order valence-corrected chi connectivity index (χ4v) is 3.30. The molecule has 1 aliphatic rings. The Bertz CT molecular complexity index is 507. The van der Waals surface area contributed by atoms with Crippen molar-refractivity contribution in [3.8, 4) is 5.75 Å². The van der Waals surface area contributed by atoms with Crippen LogP contribution in [0.1, 0.15) is 31.7 Å². The van der Waals surface area contributed by atoms with Gasteiger partial charge in [-0.25, -0.2) is 0 Å². The van der Waals surface area contributed by atoms with Crippen LogP contribution in [0.4, 0.5) is 0 Å². The first kappa shape index (κ1) is 16.3. The molecular weight excluding hydrogens is 332 g/mol. The predicted octanol–water partition coefficient (Wildman–Crippen LogP) is 2.86. The highest BCUT2D eigenvalue weighted by atomic mass is 79.9. The molecule has 5 heteroatoms. The number of benzene rings is 1. The molecule has 116 valence electrons. The zero-order chi connectivity index (χ0) is 15.4. The van der Waals surface area contributed by atoms with Crippen molar-refractivity contribution in [1.82, 2.24) is 4.90 Å². The number of nitrogens with two attached hydrogens (primary N) is 1. The third kappa shape index (κ3) is 4.45. The maximum Gasteiger partial charge on any atom is 0.226 e. The van der Waals surface area contributed by atoms with E-state index in [9.17, 15) is 4.79 Å². The van der Waals surface area contributed by atoms with Gasteiger partial charge in [-0.1, -0.05) is 6.07 Å². The molecule has 21 heavy (non-hydrogen) atoms. The SMILES string of the molecule is Cc1ccc(OCCC(=O)N2CCC(N)CC2C)c(Br)c1. The lowest BCUT2D eigenvalue weighted by atomic mass is 9.99. The van der Waals surface area contributed by atoms with Gasteiger partial charge in [0.25, 0.3) is 0 Å². The molecule has 1 saturated heterocycles.